The largest absolute Gasteiger partial charge is 0.394 e. The molecule has 0 bridgehead atoms. The quantitative estimate of drug-likeness (QED) is 0.548. The molecule has 0 fully saturated rings. The van der Waals surface area contributed by atoms with E-state index >= 15 is 0 Å². The fourth-order valence-corrected chi connectivity index (χ4v) is 1.52. The first-order valence-electron chi connectivity index (χ1n) is 4.93. The monoisotopic (exact) mass is 260 g/mol. The number of aliphatic hydroxyl groups is 2. The molecule has 0 amide bonds. The second-order valence-corrected chi connectivity index (χ2v) is 4.00. The fourth-order valence-electron chi connectivity index (χ4n) is 1.30. The van der Waals surface area contributed by atoms with Gasteiger partial charge >= 0.3 is 0 Å². The molecule has 1 aromatic carbocycles. The molecule has 0 unspecified atom stereocenters. The highest BCUT2D eigenvalue weighted by Gasteiger charge is 2.14. The number of halogens is 1. The zero-order chi connectivity index (χ0) is 13.0. The molecule has 17 heavy (non-hydrogen) atoms. The Kier molecular flexibility index (Phi) is 4.68. The van der Waals surface area contributed by atoms with Crippen molar-refractivity contribution in [1.29, 1.82) is 0 Å². The number of nitro benzene ring substituents is 1. The van der Waals surface area contributed by atoms with E-state index in [1.54, 1.807) is 6.92 Å². The average Bonchev–Trinajstić information content (AvgIpc) is 2.28. The summed E-state index contributed by atoms with van der Waals surface area (Å²) < 4.78 is 0. The molecule has 0 spiro atoms. The van der Waals surface area contributed by atoms with Crippen LogP contribution in [0.5, 0.6) is 0 Å². The van der Waals surface area contributed by atoms with Gasteiger partial charge in [0.05, 0.1) is 28.3 Å². The topological polar surface area (TPSA) is 95.6 Å². The van der Waals surface area contributed by atoms with Crippen LogP contribution in [0.4, 0.5) is 11.4 Å². The van der Waals surface area contributed by atoms with E-state index in [-0.39, 0.29) is 23.9 Å². The van der Waals surface area contributed by atoms with Gasteiger partial charge < -0.3 is 15.5 Å². The summed E-state index contributed by atoms with van der Waals surface area (Å²) in [4.78, 5) is 10.1. The molecule has 0 aromatic heterocycles. The first-order chi connectivity index (χ1) is 7.95. The van der Waals surface area contributed by atoms with Crippen molar-refractivity contribution >= 4 is 23.0 Å². The van der Waals surface area contributed by atoms with Crippen LogP contribution in [-0.2, 0) is 0 Å². The Morgan fingerprint density at radius 2 is 2.24 bits per heavy atom. The lowest BCUT2D eigenvalue weighted by atomic mass is 10.2. The molecule has 0 radical (unpaired) electrons. The number of aryl methyl sites for hydroxylation is 1. The van der Waals surface area contributed by atoms with Crippen LogP contribution >= 0.6 is 11.6 Å². The predicted molar refractivity (Wildman–Crippen MR) is 64.4 cm³/mol. The Labute approximate surface area is 103 Å². The minimum absolute atomic E-state index is 0.0525. The van der Waals surface area contributed by atoms with Crippen LogP contribution in [0.25, 0.3) is 0 Å². The predicted octanol–water partition coefficient (Wildman–Crippen LogP) is 1.32. The van der Waals surface area contributed by atoms with Gasteiger partial charge in [0.15, 0.2) is 0 Å². The minimum Gasteiger partial charge on any atom is -0.394 e. The summed E-state index contributed by atoms with van der Waals surface area (Å²) >= 11 is 5.86. The van der Waals surface area contributed by atoms with E-state index in [0.29, 0.717) is 11.3 Å². The molecular weight excluding hydrogens is 248 g/mol. The van der Waals surface area contributed by atoms with Crippen LogP contribution in [0.2, 0.25) is 5.02 Å². The van der Waals surface area contributed by atoms with Crippen molar-refractivity contribution in [3.8, 4) is 0 Å². The van der Waals surface area contributed by atoms with Gasteiger partial charge in [0.25, 0.3) is 5.69 Å². The summed E-state index contributed by atoms with van der Waals surface area (Å²) in [5.41, 5.74) is 0.908. The summed E-state index contributed by atoms with van der Waals surface area (Å²) in [6, 6.07) is 2.79. The molecule has 7 heteroatoms. The first kappa shape index (κ1) is 13.7. The molecule has 0 aliphatic heterocycles. The van der Waals surface area contributed by atoms with Gasteiger partial charge in [-0.15, -0.1) is 0 Å². The van der Waals surface area contributed by atoms with Crippen LogP contribution in [-0.4, -0.2) is 34.4 Å². The van der Waals surface area contributed by atoms with Gasteiger partial charge in [-0.3, -0.25) is 10.1 Å². The Bertz CT molecular complexity index is 425. The van der Waals surface area contributed by atoms with Gasteiger partial charge in [0, 0.05) is 18.2 Å². The van der Waals surface area contributed by atoms with Crippen LogP contribution < -0.4 is 5.32 Å². The summed E-state index contributed by atoms with van der Waals surface area (Å²) in [5, 5.41) is 31.5. The van der Waals surface area contributed by atoms with Gasteiger partial charge in [0.2, 0.25) is 0 Å². The number of rotatable bonds is 5. The van der Waals surface area contributed by atoms with Crippen LogP contribution in [0.3, 0.4) is 0 Å². The van der Waals surface area contributed by atoms with E-state index in [0.717, 1.165) is 0 Å². The van der Waals surface area contributed by atoms with E-state index in [9.17, 15) is 10.1 Å². The summed E-state index contributed by atoms with van der Waals surface area (Å²) in [5.74, 6) is 0. The molecule has 1 atom stereocenters. The number of nitrogens with zero attached hydrogens (tertiary/aromatic N) is 1. The summed E-state index contributed by atoms with van der Waals surface area (Å²) in [7, 11) is 0. The van der Waals surface area contributed by atoms with E-state index in [2.05, 4.69) is 5.32 Å². The number of hydrogen-bond acceptors (Lipinski definition) is 5. The van der Waals surface area contributed by atoms with Crippen molar-refractivity contribution in [2.24, 2.45) is 0 Å². The molecule has 0 aliphatic rings. The van der Waals surface area contributed by atoms with E-state index in [1.165, 1.54) is 12.1 Å². The zero-order valence-corrected chi connectivity index (χ0v) is 9.94. The number of nitro groups is 1. The molecular formula is C10H13ClN2O4. The van der Waals surface area contributed by atoms with Gasteiger partial charge in [-0.1, -0.05) is 11.6 Å². The number of nitrogens with one attached hydrogen (secondary N) is 1. The van der Waals surface area contributed by atoms with Crippen molar-refractivity contribution in [3.05, 3.63) is 32.8 Å². The lowest BCUT2D eigenvalue weighted by molar-refractivity contribution is -0.385. The van der Waals surface area contributed by atoms with Crippen LogP contribution in [0, 0.1) is 17.0 Å². The molecule has 0 saturated carbocycles. The number of hydrogen-bond donors (Lipinski definition) is 3. The zero-order valence-electron chi connectivity index (χ0n) is 9.18. The second kappa shape index (κ2) is 5.81. The standard InChI is InChI=1S/C10H13ClN2O4/c1-6-2-9(12-4-7(15)5-14)8(11)3-10(6)13(16)17/h2-3,7,12,14-15H,4-5H2,1H3/t7-/m0/s1. The van der Waals surface area contributed by atoms with Crippen molar-refractivity contribution < 1.29 is 15.1 Å². The molecule has 1 rings (SSSR count). The average molecular weight is 261 g/mol. The normalized spacial score (nSPS) is 12.2. The number of anilines is 1. The molecule has 94 valence electrons. The minimum atomic E-state index is -0.901. The highest BCUT2D eigenvalue weighted by molar-refractivity contribution is 6.33. The maximum absolute atomic E-state index is 10.7. The third kappa shape index (κ3) is 3.55. The van der Waals surface area contributed by atoms with E-state index in [4.69, 9.17) is 21.8 Å². The molecule has 6 nitrogen and oxygen atoms in total. The van der Waals surface area contributed by atoms with Gasteiger partial charge in [0.1, 0.15) is 0 Å². The highest BCUT2D eigenvalue weighted by atomic mass is 35.5. The SMILES string of the molecule is Cc1cc(NC[C@H](O)CO)c(Cl)cc1[N+](=O)[O-]. The third-order valence-corrected chi connectivity index (χ3v) is 2.53. The molecule has 3 N–H and O–H groups in total. The molecule has 0 saturated heterocycles. The van der Waals surface area contributed by atoms with Crippen LogP contribution in [0.1, 0.15) is 5.56 Å². The van der Waals surface area contributed by atoms with E-state index in [1.807, 2.05) is 0 Å². The van der Waals surface area contributed by atoms with Gasteiger partial charge in [-0.05, 0) is 13.0 Å². The maximum Gasteiger partial charge on any atom is 0.273 e. The Balaban J connectivity index is 2.88. The highest BCUT2D eigenvalue weighted by Crippen LogP contribution is 2.30. The molecule has 0 aliphatic carbocycles. The van der Waals surface area contributed by atoms with E-state index < -0.39 is 11.0 Å². The fraction of sp³-hybridized carbons (Fsp3) is 0.400. The smallest absolute Gasteiger partial charge is 0.273 e. The Morgan fingerprint density at radius 1 is 1.59 bits per heavy atom. The Hall–Kier alpha value is -1.37. The third-order valence-electron chi connectivity index (χ3n) is 2.22. The summed E-state index contributed by atoms with van der Waals surface area (Å²) in [6.07, 6.45) is -0.901. The lowest BCUT2D eigenvalue weighted by Crippen LogP contribution is -2.23. The van der Waals surface area contributed by atoms with Crippen LogP contribution in [0.15, 0.2) is 12.1 Å². The lowest BCUT2D eigenvalue weighted by Gasteiger charge is -2.12. The molecule has 0 heterocycles. The maximum atomic E-state index is 10.7. The van der Waals surface area contributed by atoms with Crippen molar-refractivity contribution in [2.45, 2.75) is 13.0 Å². The van der Waals surface area contributed by atoms with Crippen molar-refractivity contribution in [2.75, 3.05) is 18.5 Å². The number of aliphatic hydroxyl groups excluding tert-OH is 2. The second-order valence-electron chi connectivity index (χ2n) is 3.59. The Morgan fingerprint density at radius 3 is 2.76 bits per heavy atom. The summed E-state index contributed by atoms with van der Waals surface area (Å²) in [6.45, 7) is 1.35. The van der Waals surface area contributed by atoms with Gasteiger partial charge in [-0.25, -0.2) is 0 Å². The van der Waals surface area contributed by atoms with Gasteiger partial charge in [-0.2, -0.15) is 0 Å². The first-order valence-corrected chi connectivity index (χ1v) is 5.30. The number of benzene rings is 1. The van der Waals surface area contributed by atoms with Crippen molar-refractivity contribution in [1.82, 2.24) is 0 Å². The molecule has 1 aromatic rings. The van der Waals surface area contributed by atoms with Crippen molar-refractivity contribution in [3.63, 3.8) is 0 Å².